The molecule has 2 aromatic carbocycles. The summed E-state index contributed by atoms with van der Waals surface area (Å²) in [6.45, 7) is 0. The first-order valence-electron chi connectivity index (χ1n) is 8.01. The van der Waals surface area contributed by atoms with Gasteiger partial charge in [-0.2, -0.15) is 0 Å². The number of anilines is 1. The summed E-state index contributed by atoms with van der Waals surface area (Å²) >= 11 is 1.28. The minimum Gasteiger partial charge on any atom is -0.326 e. The molecule has 0 bridgehead atoms. The average Bonchev–Trinajstić information content (AvgIpc) is 2.63. The maximum Gasteiger partial charge on any atom is 0.251 e. The highest BCUT2D eigenvalue weighted by molar-refractivity contribution is 7.98. The number of hydrogen-bond donors (Lipinski definition) is 2. The van der Waals surface area contributed by atoms with E-state index in [4.69, 9.17) is 0 Å². The van der Waals surface area contributed by atoms with Gasteiger partial charge in [0.2, 0.25) is 5.91 Å². The molecule has 0 atom stereocenters. The second-order valence-electron chi connectivity index (χ2n) is 5.69. The molecule has 3 aromatic rings. The number of nitrogens with zero attached hydrogens (tertiary/aromatic N) is 1. The third-order valence-corrected chi connectivity index (χ3v) is 4.48. The van der Waals surface area contributed by atoms with E-state index in [9.17, 15) is 18.4 Å². The summed E-state index contributed by atoms with van der Waals surface area (Å²) in [4.78, 5) is 30.8. The first kappa shape index (κ1) is 18.8. The Labute approximate surface area is 157 Å². The first-order chi connectivity index (χ1) is 13.0. The van der Waals surface area contributed by atoms with E-state index in [0.29, 0.717) is 22.3 Å². The van der Waals surface area contributed by atoms with Gasteiger partial charge in [-0.3, -0.25) is 9.59 Å². The molecule has 0 saturated carbocycles. The van der Waals surface area contributed by atoms with Crippen LogP contribution in [0.4, 0.5) is 14.5 Å². The molecule has 0 radical (unpaired) electrons. The Morgan fingerprint density at radius 3 is 2.33 bits per heavy atom. The Morgan fingerprint density at radius 2 is 1.67 bits per heavy atom. The van der Waals surface area contributed by atoms with Gasteiger partial charge < -0.3 is 10.3 Å². The van der Waals surface area contributed by atoms with Crippen LogP contribution in [0.2, 0.25) is 0 Å². The summed E-state index contributed by atoms with van der Waals surface area (Å²) in [7, 11) is 0. The largest absolute Gasteiger partial charge is 0.326 e. The molecule has 1 amide bonds. The highest BCUT2D eigenvalue weighted by atomic mass is 32.2. The number of carbonyl (C=O) groups is 1. The number of H-pyrrole nitrogens is 1. The van der Waals surface area contributed by atoms with Gasteiger partial charge in [-0.05, 0) is 42.0 Å². The zero-order valence-corrected chi connectivity index (χ0v) is 14.9. The van der Waals surface area contributed by atoms with Crippen molar-refractivity contribution in [1.82, 2.24) is 9.97 Å². The maximum absolute atomic E-state index is 12.9. The van der Waals surface area contributed by atoms with E-state index < -0.39 is 5.82 Å². The number of amides is 1. The topological polar surface area (TPSA) is 74.8 Å². The average molecular weight is 387 g/mol. The van der Waals surface area contributed by atoms with Gasteiger partial charge in [0, 0.05) is 17.5 Å². The lowest BCUT2D eigenvalue weighted by atomic mass is 10.2. The van der Waals surface area contributed by atoms with Gasteiger partial charge >= 0.3 is 0 Å². The second kappa shape index (κ2) is 8.59. The highest BCUT2D eigenvalue weighted by Gasteiger charge is 2.09. The fourth-order valence-electron chi connectivity index (χ4n) is 2.28. The minimum atomic E-state index is -0.396. The second-order valence-corrected chi connectivity index (χ2v) is 6.65. The van der Waals surface area contributed by atoms with Crippen LogP contribution in [-0.4, -0.2) is 15.9 Å². The Balaban J connectivity index is 1.63. The number of aromatic nitrogens is 2. The number of benzene rings is 2. The third kappa shape index (κ3) is 5.75. The van der Waals surface area contributed by atoms with E-state index >= 15 is 0 Å². The van der Waals surface area contributed by atoms with Crippen LogP contribution in [0.5, 0.6) is 0 Å². The quantitative estimate of drug-likeness (QED) is 0.501. The van der Waals surface area contributed by atoms with E-state index in [0.717, 1.165) is 5.56 Å². The fourth-order valence-corrected chi connectivity index (χ4v) is 3.13. The fraction of sp³-hybridized carbons (Fsp3) is 0.105. The molecule has 0 fully saturated rings. The SMILES string of the molecule is O=C(Cc1cc(=O)[nH]c(SCc2ccc(F)cc2)n1)Nc1ccc(F)cc1. The number of carbonyl (C=O) groups excluding carboxylic acids is 1. The van der Waals surface area contributed by atoms with E-state index in [1.165, 1.54) is 54.2 Å². The standard InChI is InChI=1S/C19H15F2N3O2S/c20-13-3-1-12(2-4-13)11-27-19-23-16(10-18(26)24-19)9-17(25)22-15-7-5-14(21)6-8-15/h1-8,10H,9,11H2,(H,22,25)(H,23,24,26). The van der Waals surface area contributed by atoms with Crippen LogP contribution in [0, 0.1) is 11.6 Å². The summed E-state index contributed by atoms with van der Waals surface area (Å²) in [6, 6.07) is 12.7. The molecule has 2 N–H and O–H groups in total. The van der Waals surface area contributed by atoms with E-state index in [-0.39, 0.29) is 23.7 Å². The van der Waals surface area contributed by atoms with Crippen molar-refractivity contribution in [3.8, 4) is 0 Å². The van der Waals surface area contributed by atoms with Crippen molar-refractivity contribution in [2.24, 2.45) is 0 Å². The van der Waals surface area contributed by atoms with Crippen LogP contribution in [0.3, 0.4) is 0 Å². The molecular formula is C19H15F2N3O2S. The van der Waals surface area contributed by atoms with Crippen molar-refractivity contribution in [3.05, 3.63) is 87.8 Å². The Hall–Kier alpha value is -3.00. The minimum absolute atomic E-state index is 0.0919. The molecule has 1 aromatic heterocycles. The van der Waals surface area contributed by atoms with Crippen LogP contribution in [0.1, 0.15) is 11.3 Å². The van der Waals surface area contributed by atoms with Crippen molar-refractivity contribution in [1.29, 1.82) is 0 Å². The molecule has 0 saturated heterocycles. The number of nitrogens with one attached hydrogen (secondary N) is 2. The molecule has 5 nitrogen and oxygen atoms in total. The normalized spacial score (nSPS) is 10.6. The molecule has 0 unspecified atom stereocenters. The van der Waals surface area contributed by atoms with Gasteiger partial charge in [-0.15, -0.1) is 0 Å². The molecular weight excluding hydrogens is 372 g/mol. The molecule has 138 valence electrons. The molecule has 8 heteroatoms. The molecule has 0 aliphatic rings. The predicted octanol–water partition coefficient (Wildman–Crippen LogP) is 3.52. The number of hydrogen-bond acceptors (Lipinski definition) is 4. The van der Waals surface area contributed by atoms with E-state index in [2.05, 4.69) is 15.3 Å². The van der Waals surface area contributed by atoms with E-state index in [1.54, 1.807) is 12.1 Å². The van der Waals surface area contributed by atoms with Gasteiger partial charge in [0.15, 0.2) is 5.16 Å². The highest BCUT2D eigenvalue weighted by Crippen LogP contribution is 2.19. The predicted molar refractivity (Wildman–Crippen MR) is 99.6 cm³/mol. The van der Waals surface area contributed by atoms with Crippen LogP contribution in [0.15, 0.2) is 64.5 Å². The zero-order chi connectivity index (χ0) is 19.2. The molecule has 3 rings (SSSR count). The van der Waals surface area contributed by atoms with Crippen molar-refractivity contribution >= 4 is 23.4 Å². The summed E-state index contributed by atoms with van der Waals surface area (Å²) in [5, 5.41) is 2.99. The number of aromatic amines is 1. The van der Waals surface area contributed by atoms with Gasteiger partial charge in [0.25, 0.3) is 5.56 Å². The molecule has 0 aliphatic heterocycles. The van der Waals surface area contributed by atoms with Gasteiger partial charge in [0.1, 0.15) is 11.6 Å². The van der Waals surface area contributed by atoms with Gasteiger partial charge in [-0.25, -0.2) is 13.8 Å². The number of thioether (sulfide) groups is 1. The van der Waals surface area contributed by atoms with Gasteiger partial charge in [-0.1, -0.05) is 23.9 Å². The van der Waals surface area contributed by atoms with Crippen molar-refractivity contribution < 1.29 is 13.6 Å². The van der Waals surface area contributed by atoms with Crippen molar-refractivity contribution in [2.75, 3.05) is 5.32 Å². The first-order valence-corrected chi connectivity index (χ1v) is 8.99. The summed E-state index contributed by atoms with van der Waals surface area (Å²) in [6.07, 6.45) is -0.0919. The third-order valence-electron chi connectivity index (χ3n) is 3.53. The van der Waals surface area contributed by atoms with Crippen molar-refractivity contribution in [3.63, 3.8) is 0 Å². The smallest absolute Gasteiger partial charge is 0.251 e. The molecule has 0 aliphatic carbocycles. The lowest BCUT2D eigenvalue weighted by Crippen LogP contribution is -2.18. The molecule has 1 heterocycles. The monoisotopic (exact) mass is 387 g/mol. The number of halogens is 2. The Kier molecular flexibility index (Phi) is 5.97. The maximum atomic E-state index is 12.9. The van der Waals surface area contributed by atoms with Crippen LogP contribution in [-0.2, 0) is 17.0 Å². The van der Waals surface area contributed by atoms with Crippen LogP contribution in [0.25, 0.3) is 0 Å². The number of rotatable bonds is 6. The van der Waals surface area contributed by atoms with Crippen LogP contribution < -0.4 is 10.9 Å². The van der Waals surface area contributed by atoms with Crippen molar-refractivity contribution in [2.45, 2.75) is 17.3 Å². The van der Waals surface area contributed by atoms with Crippen LogP contribution >= 0.6 is 11.8 Å². The molecule has 0 spiro atoms. The summed E-state index contributed by atoms with van der Waals surface area (Å²) in [5.74, 6) is -0.584. The Bertz CT molecular complexity index is 989. The Morgan fingerprint density at radius 1 is 1.04 bits per heavy atom. The zero-order valence-electron chi connectivity index (χ0n) is 14.0. The van der Waals surface area contributed by atoms with Gasteiger partial charge in [0.05, 0.1) is 12.1 Å². The summed E-state index contributed by atoms with van der Waals surface area (Å²) in [5.41, 5.74) is 1.29. The molecule has 27 heavy (non-hydrogen) atoms. The lowest BCUT2D eigenvalue weighted by Gasteiger charge is -2.06. The summed E-state index contributed by atoms with van der Waals surface area (Å²) < 4.78 is 25.8. The van der Waals surface area contributed by atoms with E-state index in [1.807, 2.05) is 0 Å². The lowest BCUT2D eigenvalue weighted by molar-refractivity contribution is -0.115.